The van der Waals surface area contributed by atoms with Crippen LogP contribution in [0.25, 0.3) is 0 Å². The predicted molar refractivity (Wildman–Crippen MR) is 52.5 cm³/mol. The summed E-state index contributed by atoms with van der Waals surface area (Å²) in [6, 6.07) is 4.06. The second kappa shape index (κ2) is 4.60. The van der Waals surface area contributed by atoms with Crippen molar-refractivity contribution < 1.29 is 4.74 Å². The van der Waals surface area contributed by atoms with Crippen molar-refractivity contribution in [3.8, 4) is 0 Å². The molecule has 4 heteroatoms. The Balaban J connectivity index is 1.90. The lowest BCUT2D eigenvalue weighted by Crippen LogP contribution is -2.30. The Bertz CT molecular complexity index is 249. The average Bonchev–Trinajstić information content (AvgIpc) is 2.21. The number of aromatic nitrogens is 1. The molecule has 0 aromatic carbocycles. The maximum Gasteiger partial charge on any atom is 0.0603 e. The molecule has 0 radical (unpaired) electrons. The molecule has 3 nitrogen and oxygen atoms in total. The number of rotatable bonds is 2. The molecule has 0 atom stereocenters. The zero-order valence-corrected chi connectivity index (χ0v) is 8.17. The molecule has 1 saturated heterocycles. The van der Waals surface area contributed by atoms with Gasteiger partial charge in [0.05, 0.1) is 13.2 Å². The van der Waals surface area contributed by atoms with Crippen molar-refractivity contribution in [2.75, 3.05) is 26.3 Å². The minimum absolute atomic E-state index is 0.845. The summed E-state index contributed by atoms with van der Waals surface area (Å²) in [5.41, 5.74) is 0. The van der Waals surface area contributed by atoms with E-state index in [-0.39, 0.29) is 0 Å². The molecule has 0 amide bonds. The van der Waals surface area contributed by atoms with Gasteiger partial charge in [0.2, 0.25) is 0 Å². The molecule has 1 fully saturated rings. The van der Waals surface area contributed by atoms with E-state index in [0.717, 1.165) is 26.3 Å². The molecular weight excluding hydrogens is 184 g/mol. The van der Waals surface area contributed by atoms with Crippen LogP contribution in [0.15, 0.2) is 29.4 Å². The fraction of sp³-hybridized carbons (Fsp3) is 0.444. The standard InChI is InChI=1S/C9H12N2OS/c1-3-10-4-2-9(1)13-11-5-7-12-8-6-11/h1-4H,5-8H2. The van der Waals surface area contributed by atoms with Crippen LogP contribution in [0.4, 0.5) is 0 Å². The van der Waals surface area contributed by atoms with Gasteiger partial charge in [-0.2, -0.15) is 0 Å². The Hall–Kier alpha value is -0.580. The zero-order chi connectivity index (χ0) is 8.93. The first-order valence-corrected chi connectivity index (χ1v) is 5.13. The van der Waals surface area contributed by atoms with E-state index in [2.05, 4.69) is 9.29 Å². The minimum Gasteiger partial charge on any atom is -0.379 e. The number of hydrogen-bond acceptors (Lipinski definition) is 4. The van der Waals surface area contributed by atoms with Crippen LogP contribution < -0.4 is 0 Å². The number of hydrogen-bond donors (Lipinski definition) is 0. The summed E-state index contributed by atoms with van der Waals surface area (Å²) in [7, 11) is 0. The van der Waals surface area contributed by atoms with Crippen LogP contribution in [-0.2, 0) is 4.74 Å². The second-order valence-corrected chi connectivity index (χ2v) is 3.99. The molecule has 1 aliphatic heterocycles. The maximum atomic E-state index is 5.27. The molecular formula is C9H12N2OS. The summed E-state index contributed by atoms with van der Waals surface area (Å²) in [6.45, 7) is 3.70. The maximum absolute atomic E-state index is 5.27. The Kier molecular flexibility index (Phi) is 3.18. The highest BCUT2D eigenvalue weighted by Gasteiger charge is 2.10. The molecule has 0 spiro atoms. The molecule has 0 saturated carbocycles. The van der Waals surface area contributed by atoms with E-state index in [0.29, 0.717) is 0 Å². The first kappa shape index (κ1) is 8.99. The van der Waals surface area contributed by atoms with Gasteiger partial charge in [0.25, 0.3) is 0 Å². The van der Waals surface area contributed by atoms with Gasteiger partial charge >= 0.3 is 0 Å². The summed E-state index contributed by atoms with van der Waals surface area (Å²) < 4.78 is 7.59. The van der Waals surface area contributed by atoms with E-state index in [4.69, 9.17) is 4.74 Å². The average molecular weight is 196 g/mol. The molecule has 13 heavy (non-hydrogen) atoms. The highest BCUT2D eigenvalue weighted by molar-refractivity contribution is 7.97. The molecule has 2 rings (SSSR count). The van der Waals surface area contributed by atoms with Crippen LogP contribution in [0.1, 0.15) is 0 Å². The molecule has 1 aromatic heterocycles. The second-order valence-electron chi connectivity index (χ2n) is 2.82. The van der Waals surface area contributed by atoms with Gasteiger partial charge in [0, 0.05) is 30.4 Å². The van der Waals surface area contributed by atoms with E-state index in [1.807, 2.05) is 24.5 Å². The molecule has 0 unspecified atom stereocenters. The van der Waals surface area contributed by atoms with E-state index < -0.39 is 0 Å². The first-order chi connectivity index (χ1) is 6.45. The Morgan fingerprint density at radius 2 is 1.92 bits per heavy atom. The molecule has 1 aliphatic rings. The van der Waals surface area contributed by atoms with Gasteiger partial charge in [-0.1, -0.05) is 0 Å². The van der Waals surface area contributed by atoms with E-state index >= 15 is 0 Å². The number of morpholine rings is 1. The summed E-state index contributed by atoms with van der Waals surface area (Å²) >= 11 is 1.78. The smallest absolute Gasteiger partial charge is 0.0603 e. The van der Waals surface area contributed by atoms with Gasteiger partial charge in [-0.05, 0) is 24.1 Å². The quantitative estimate of drug-likeness (QED) is 0.668. The summed E-state index contributed by atoms with van der Waals surface area (Å²) in [5.74, 6) is 0. The van der Waals surface area contributed by atoms with Crippen LogP contribution in [0, 0.1) is 0 Å². The third kappa shape index (κ3) is 2.69. The molecule has 0 bridgehead atoms. The third-order valence-electron chi connectivity index (χ3n) is 1.85. The van der Waals surface area contributed by atoms with Crippen LogP contribution in [0.5, 0.6) is 0 Å². The zero-order valence-electron chi connectivity index (χ0n) is 7.35. The van der Waals surface area contributed by atoms with Crippen molar-refractivity contribution in [3.63, 3.8) is 0 Å². The molecule has 0 N–H and O–H groups in total. The third-order valence-corrected chi connectivity index (χ3v) is 2.96. The highest BCUT2D eigenvalue weighted by Crippen LogP contribution is 2.21. The summed E-state index contributed by atoms with van der Waals surface area (Å²) in [4.78, 5) is 5.23. The van der Waals surface area contributed by atoms with Gasteiger partial charge in [0.1, 0.15) is 0 Å². The van der Waals surface area contributed by atoms with E-state index in [1.54, 1.807) is 11.9 Å². The van der Waals surface area contributed by atoms with Gasteiger partial charge in [0.15, 0.2) is 0 Å². The van der Waals surface area contributed by atoms with Crippen molar-refractivity contribution in [3.05, 3.63) is 24.5 Å². The van der Waals surface area contributed by atoms with Gasteiger partial charge in [-0.3, -0.25) is 4.98 Å². The predicted octanol–water partition coefficient (Wildman–Crippen LogP) is 1.42. The summed E-state index contributed by atoms with van der Waals surface area (Å²) in [6.07, 6.45) is 3.64. The van der Waals surface area contributed by atoms with Crippen molar-refractivity contribution in [1.82, 2.24) is 9.29 Å². The van der Waals surface area contributed by atoms with Crippen molar-refractivity contribution in [2.24, 2.45) is 0 Å². The number of pyridine rings is 1. The van der Waals surface area contributed by atoms with Crippen molar-refractivity contribution in [2.45, 2.75) is 4.90 Å². The largest absolute Gasteiger partial charge is 0.379 e. The van der Waals surface area contributed by atoms with E-state index in [1.165, 1.54) is 4.90 Å². The van der Waals surface area contributed by atoms with Crippen LogP contribution in [-0.4, -0.2) is 35.6 Å². The first-order valence-electron chi connectivity index (χ1n) is 4.36. The Morgan fingerprint density at radius 1 is 1.23 bits per heavy atom. The molecule has 1 aromatic rings. The van der Waals surface area contributed by atoms with Crippen molar-refractivity contribution >= 4 is 11.9 Å². The van der Waals surface area contributed by atoms with E-state index in [9.17, 15) is 0 Å². The molecule has 0 aliphatic carbocycles. The number of ether oxygens (including phenoxy) is 1. The normalized spacial score (nSPS) is 18.8. The fourth-order valence-electron chi connectivity index (χ4n) is 1.19. The van der Waals surface area contributed by atoms with Crippen LogP contribution in [0.3, 0.4) is 0 Å². The Labute approximate surface area is 82.2 Å². The van der Waals surface area contributed by atoms with Crippen LogP contribution in [0.2, 0.25) is 0 Å². The molecule has 70 valence electrons. The van der Waals surface area contributed by atoms with Crippen molar-refractivity contribution in [1.29, 1.82) is 0 Å². The fourth-order valence-corrected chi connectivity index (χ4v) is 2.06. The monoisotopic (exact) mass is 196 g/mol. The number of nitrogens with zero attached hydrogens (tertiary/aromatic N) is 2. The van der Waals surface area contributed by atoms with Crippen LogP contribution >= 0.6 is 11.9 Å². The lowest BCUT2D eigenvalue weighted by Gasteiger charge is -2.25. The SMILES string of the molecule is c1cc(SN2CCOCC2)ccn1. The highest BCUT2D eigenvalue weighted by atomic mass is 32.2. The Morgan fingerprint density at radius 3 is 2.62 bits per heavy atom. The minimum atomic E-state index is 0.845. The van der Waals surface area contributed by atoms with Gasteiger partial charge in [-0.25, -0.2) is 4.31 Å². The van der Waals surface area contributed by atoms with Gasteiger partial charge < -0.3 is 4.74 Å². The topological polar surface area (TPSA) is 25.4 Å². The lowest BCUT2D eigenvalue weighted by atomic mass is 10.5. The lowest BCUT2D eigenvalue weighted by molar-refractivity contribution is 0.0773. The summed E-state index contributed by atoms with van der Waals surface area (Å²) in [5, 5.41) is 0. The molecule has 2 heterocycles. The van der Waals surface area contributed by atoms with Gasteiger partial charge in [-0.15, -0.1) is 0 Å².